The van der Waals surface area contributed by atoms with Gasteiger partial charge >= 0.3 is 0 Å². The van der Waals surface area contributed by atoms with Crippen molar-refractivity contribution in [2.45, 2.75) is 0 Å². The lowest BCUT2D eigenvalue weighted by Crippen LogP contribution is -2.08. The van der Waals surface area contributed by atoms with E-state index < -0.39 is 5.82 Å². The van der Waals surface area contributed by atoms with Crippen LogP contribution in [0.2, 0.25) is 0 Å². The van der Waals surface area contributed by atoms with Crippen LogP contribution in [0.3, 0.4) is 0 Å². The van der Waals surface area contributed by atoms with E-state index in [1.54, 1.807) is 0 Å². The van der Waals surface area contributed by atoms with Crippen LogP contribution in [0.5, 0.6) is 0 Å². The highest BCUT2D eigenvalue weighted by atomic mass is 19.1. The highest BCUT2D eigenvalue weighted by Crippen LogP contribution is 1.96. The zero-order valence-electron chi connectivity index (χ0n) is 5.79. The van der Waals surface area contributed by atoms with Crippen molar-refractivity contribution in [1.29, 1.82) is 0 Å². The smallest absolute Gasteiger partial charge is 0.222 e. The van der Waals surface area contributed by atoms with Crippen molar-refractivity contribution in [1.82, 2.24) is 9.97 Å². The SMILES string of the molecule is OCCNc1ncc(F)cn1. The van der Waals surface area contributed by atoms with Crippen LogP contribution in [0, 0.1) is 5.82 Å². The zero-order valence-corrected chi connectivity index (χ0v) is 5.79. The van der Waals surface area contributed by atoms with E-state index in [4.69, 9.17) is 5.11 Å². The number of rotatable bonds is 3. The molecule has 0 bridgehead atoms. The molecule has 0 radical (unpaired) electrons. The summed E-state index contributed by atoms with van der Waals surface area (Å²) in [6, 6.07) is 0. The van der Waals surface area contributed by atoms with Crippen molar-refractivity contribution in [2.75, 3.05) is 18.5 Å². The Kier molecular flexibility index (Phi) is 2.74. The van der Waals surface area contributed by atoms with Gasteiger partial charge in [0.05, 0.1) is 19.0 Å². The quantitative estimate of drug-likeness (QED) is 0.649. The minimum absolute atomic E-state index is 0.000731. The van der Waals surface area contributed by atoms with E-state index in [1.807, 2.05) is 0 Å². The molecule has 1 rings (SSSR count). The number of nitrogens with one attached hydrogen (secondary N) is 1. The molecule has 0 fully saturated rings. The van der Waals surface area contributed by atoms with Gasteiger partial charge in [0.15, 0.2) is 5.82 Å². The normalized spacial score (nSPS) is 9.64. The Morgan fingerprint density at radius 1 is 1.45 bits per heavy atom. The molecule has 1 aromatic rings. The van der Waals surface area contributed by atoms with Crippen LogP contribution < -0.4 is 5.32 Å². The molecule has 4 nitrogen and oxygen atoms in total. The highest BCUT2D eigenvalue weighted by molar-refractivity contribution is 5.21. The molecule has 0 saturated carbocycles. The molecular weight excluding hydrogens is 149 g/mol. The number of aromatic nitrogens is 2. The molecule has 0 spiro atoms. The Balaban J connectivity index is 2.52. The van der Waals surface area contributed by atoms with Crippen molar-refractivity contribution < 1.29 is 9.50 Å². The van der Waals surface area contributed by atoms with E-state index in [1.165, 1.54) is 0 Å². The lowest BCUT2D eigenvalue weighted by molar-refractivity contribution is 0.311. The topological polar surface area (TPSA) is 58.0 Å². The Labute approximate surface area is 63.1 Å². The number of aliphatic hydroxyl groups excluding tert-OH is 1. The fourth-order valence-electron chi connectivity index (χ4n) is 0.571. The molecule has 0 unspecified atom stereocenters. The second kappa shape index (κ2) is 3.82. The van der Waals surface area contributed by atoms with Gasteiger partial charge in [-0.25, -0.2) is 14.4 Å². The Morgan fingerprint density at radius 2 is 2.09 bits per heavy atom. The molecule has 0 aromatic carbocycles. The van der Waals surface area contributed by atoms with Crippen LogP contribution in [0.4, 0.5) is 10.3 Å². The van der Waals surface area contributed by atoms with Gasteiger partial charge in [-0.05, 0) is 0 Å². The number of anilines is 1. The molecule has 0 atom stereocenters. The summed E-state index contributed by atoms with van der Waals surface area (Å²) < 4.78 is 12.2. The van der Waals surface area contributed by atoms with Crippen LogP contribution in [0.15, 0.2) is 12.4 Å². The van der Waals surface area contributed by atoms with Crippen molar-refractivity contribution in [3.63, 3.8) is 0 Å². The highest BCUT2D eigenvalue weighted by Gasteiger charge is 1.93. The van der Waals surface area contributed by atoms with Crippen molar-refractivity contribution in [3.05, 3.63) is 18.2 Å². The molecule has 11 heavy (non-hydrogen) atoms. The van der Waals surface area contributed by atoms with Gasteiger partial charge in [0.25, 0.3) is 0 Å². The van der Waals surface area contributed by atoms with E-state index in [2.05, 4.69) is 15.3 Å². The third-order valence-electron chi connectivity index (χ3n) is 1.02. The third-order valence-corrected chi connectivity index (χ3v) is 1.02. The molecule has 1 aromatic heterocycles. The second-order valence-corrected chi connectivity index (χ2v) is 1.88. The monoisotopic (exact) mass is 157 g/mol. The van der Waals surface area contributed by atoms with Gasteiger partial charge in [0.1, 0.15) is 0 Å². The summed E-state index contributed by atoms with van der Waals surface area (Å²) in [6.07, 6.45) is 2.12. The lowest BCUT2D eigenvalue weighted by Gasteiger charge is -1.99. The standard InChI is InChI=1S/C6H8FN3O/c7-5-3-9-6(10-4-5)8-1-2-11/h3-4,11H,1-2H2,(H,8,9,10). The van der Waals surface area contributed by atoms with Crippen molar-refractivity contribution in [2.24, 2.45) is 0 Å². The maximum absolute atomic E-state index is 12.2. The van der Waals surface area contributed by atoms with Gasteiger partial charge < -0.3 is 10.4 Å². The molecular formula is C6H8FN3O. The summed E-state index contributed by atoms with van der Waals surface area (Å²) in [7, 11) is 0. The molecule has 0 saturated heterocycles. The summed E-state index contributed by atoms with van der Waals surface area (Å²) >= 11 is 0. The summed E-state index contributed by atoms with van der Waals surface area (Å²) in [4.78, 5) is 7.21. The molecule has 0 amide bonds. The first kappa shape index (κ1) is 7.87. The van der Waals surface area contributed by atoms with Crippen molar-refractivity contribution in [3.8, 4) is 0 Å². The summed E-state index contributed by atoms with van der Waals surface area (Å²) in [5.41, 5.74) is 0. The van der Waals surface area contributed by atoms with Crippen LogP contribution in [0.1, 0.15) is 0 Å². The fourth-order valence-corrected chi connectivity index (χ4v) is 0.571. The summed E-state index contributed by atoms with van der Waals surface area (Å²) in [5.74, 6) is -0.153. The average Bonchev–Trinajstić information content (AvgIpc) is 2.04. The van der Waals surface area contributed by atoms with E-state index in [-0.39, 0.29) is 6.61 Å². The molecule has 0 aliphatic carbocycles. The average molecular weight is 157 g/mol. The number of nitrogens with zero attached hydrogens (tertiary/aromatic N) is 2. The maximum Gasteiger partial charge on any atom is 0.222 e. The van der Waals surface area contributed by atoms with Crippen LogP contribution >= 0.6 is 0 Å². The van der Waals surface area contributed by atoms with E-state index >= 15 is 0 Å². The van der Waals surface area contributed by atoms with Crippen LogP contribution in [0.25, 0.3) is 0 Å². The van der Waals surface area contributed by atoms with Gasteiger partial charge in [-0.2, -0.15) is 0 Å². The zero-order chi connectivity index (χ0) is 8.10. The van der Waals surface area contributed by atoms with E-state index in [9.17, 15) is 4.39 Å². The van der Waals surface area contributed by atoms with Gasteiger partial charge in [-0.15, -0.1) is 0 Å². The summed E-state index contributed by atoms with van der Waals surface area (Å²) in [6.45, 7) is 0.367. The molecule has 5 heteroatoms. The second-order valence-electron chi connectivity index (χ2n) is 1.88. The minimum Gasteiger partial charge on any atom is -0.395 e. The Morgan fingerprint density at radius 3 is 2.64 bits per heavy atom. The number of aliphatic hydroxyl groups is 1. The van der Waals surface area contributed by atoms with Gasteiger partial charge in [-0.1, -0.05) is 0 Å². The Hall–Kier alpha value is -1.23. The fraction of sp³-hybridized carbons (Fsp3) is 0.333. The number of hydrogen-bond donors (Lipinski definition) is 2. The largest absolute Gasteiger partial charge is 0.395 e. The third kappa shape index (κ3) is 2.46. The molecule has 1 heterocycles. The summed E-state index contributed by atoms with van der Waals surface area (Å²) in [5, 5.41) is 11.1. The molecule has 0 aliphatic heterocycles. The number of hydrogen-bond acceptors (Lipinski definition) is 4. The van der Waals surface area contributed by atoms with Crippen molar-refractivity contribution >= 4 is 5.95 Å². The van der Waals surface area contributed by atoms with Crippen LogP contribution in [-0.2, 0) is 0 Å². The van der Waals surface area contributed by atoms with Gasteiger partial charge in [0.2, 0.25) is 5.95 Å². The number of halogens is 1. The van der Waals surface area contributed by atoms with E-state index in [0.717, 1.165) is 12.4 Å². The van der Waals surface area contributed by atoms with Gasteiger partial charge in [-0.3, -0.25) is 0 Å². The van der Waals surface area contributed by atoms with Gasteiger partial charge in [0, 0.05) is 6.54 Å². The predicted molar refractivity (Wildman–Crippen MR) is 37.6 cm³/mol. The Bertz CT molecular complexity index is 214. The molecule has 0 aliphatic rings. The first-order chi connectivity index (χ1) is 5.33. The minimum atomic E-state index is -0.473. The molecule has 2 N–H and O–H groups in total. The molecule has 60 valence electrons. The predicted octanol–water partition coefficient (Wildman–Crippen LogP) is 0.0199. The maximum atomic E-state index is 12.2. The first-order valence-corrected chi connectivity index (χ1v) is 3.15. The van der Waals surface area contributed by atoms with Crippen LogP contribution in [-0.4, -0.2) is 28.2 Å². The first-order valence-electron chi connectivity index (χ1n) is 3.15. The lowest BCUT2D eigenvalue weighted by atomic mass is 10.6. The van der Waals surface area contributed by atoms with E-state index in [0.29, 0.717) is 12.5 Å².